The van der Waals surface area contributed by atoms with E-state index in [1.807, 2.05) is 0 Å². The first kappa shape index (κ1) is 9.26. The van der Waals surface area contributed by atoms with Crippen molar-refractivity contribution in [3.05, 3.63) is 12.7 Å². The lowest BCUT2D eigenvalue weighted by molar-refractivity contribution is -0.127. The second-order valence-corrected chi connectivity index (χ2v) is 3.14. The fourth-order valence-corrected chi connectivity index (χ4v) is 1.55. The van der Waals surface area contributed by atoms with Crippen molar-refractivity contribution in [1.82, 2.24) is 5.32 Å². The number of aliphatic hydroxyl groups is 1. The molecule has 2 N–H and O–H groups in total. The zero-order chi connectivity index (χ0) is 8.97. The van der Waals surface area contributed by atoms with Crippen molar-refractivity contribution >= 4 is 5.91 Å². The van der Waals surface area contributed by atoms with Gasteiger partial charge in [0, 0.05) is 6.54 Å². The molecule has 2 atom stereocenters. The molecular weight excluding hydrogens is 154 g/mol. The summed E-state index contributed by atoms with van der Waals surface area (Å²) in [6, 6.07) is 0. The largest absolute Gasteiger partial charge is 0.392 e. The third-order valence-electron chi connectivity index (χ3n) is 2.24. The van der Waals surface area contributed by atoms with Crippen LogP contribution in [0.1, 0.15) is 19.3 Å². The van der Waals surface area contributed by atoms with E-state index in [1.165, 1.54) is 0 Å². The first-order valence-corrected chi connectivity index (χ1v) is 4.32. The number of hydrogen-bond donors (Lipinski definition) is 2. The number of carbonyl (C=O) groups excluding carboxylic acids is 1. The predicted octanol–water partition coefficient (Wildman–Crippen LogP) is 0.450. The van der Waals surface area contributed by atoms with Crippen LogP contribution in [0.15, 0.2) is 12.7 Å². The van der Waals surface area contributed by atoms with Crippen LogP contribution in [0.3, 0.4) is 0 Å². The average Bonchev–Trinajstić information content (AvgIpc) is 2.47. The van der Waals surface area contributed by atoms with Gasteiger partial charge in [0.1, 0.15) is 0 Å². The van der Waals surface area contributed by atoms with Crippen LogP contribution < -0.4 is 5.32 Å². The van der Waals surface area contributed by atoms with E-state index in [2.05, 4.69) is 11.9 Å². The Morgan fingerprint density at radius 2 is 2.42 bits per heavy atom. The van der Waals surface area contributed by atoms with E-state index < -0.39 is 6.10 Å². The molecule has 1 fully saturated rings. The molecule has 1 rings (SSSR count). The van der Waals surface area contributed by atoms with Crippen LogP contribution in [0.5, 0.6) is 0 Å². The molecule has 2 unspecified atom stereocenters. The van der Waals surface area contributed by atoms with Gasteiger partial charge in [0.05, 0.1) is 12.0 Å². The van der Waals surface area contributed by atoms with Crippen LogP contribution in [-0.2, 0) is 4.79 Å². The van der Waals surface area contributed by atoms with Gasteiger partial charge in [-0.1, -0.05) is 6.08 Å². The molecule has 68 valence electrons. The maximum Gasteiger partial charge on any atom is 0.225 e. The maximum absolute atomic E-state index is 11.3. The fourth-order valence-electron chi connectivity index (χ4n) is 1.55. The highest BCUT2D eigenvalue weighted by Gasteiger charge is 2.30. The van der Waals surface area contributed by atoms with Crippen molar-refractivity contribution in [2.24, 2.45) is 5.92 Å². The molecule has 1 aliphatic carbocycles. The molecule has 3 nitrogen and oxygen atoms in total. The third kappa shape index (κ3) is 2.08. The second-order valence-electron chi connectivity index (χ2n) is 3.14. The zero-order valence-electron chi connectivity index (χ0n) is 7.12. The van der Waals surface area contributed by atoms with E-state index in [9.17, 15) is 9.90 Å². The molecule has 3 heteroatoms. The normalized spacial score (nSPS) is 28.4. The maximum atomic E-state index is 11.3. The fraction of sp³-hybridized carbons (Fsp3) is 0.667. The summed E-state index contributed by atoms with van der Waals surface area (Å²) >= 11 is 0. The number of nitrogens with one attached hydrogen (secondary N) is 1. The van der Waals surface area contributed by atoms with Crippen LogP contribution >= 0.6 is 0 Å². The molecule has 12 heavy (non-hydrogen) atoms. The lowest BCUT2D eigenvalue weighted by Gasteiger charge is -2.12. The minimum atomic E-state index is -0.435. The lowest BCUT2D eigenvalue weighted by Crippen LogP contribution is -2.34. The number of rotatable bonds is 3. The monoisotopic (exact) mass is 169 g/mol. The van der Waals surface area contributed by atoms with Gasteiger partial charge in [-0.2, -0.15) is 0 Å². The first-order valence-electron chi connectivity index (χ1n) is 4.32. The zero-order valence-corrected chi connectivity index (χ0v) is 7.12. The van der Waals surface area contributed by atoms with Crippen molar-refractivity contribution in [1.29, 1.82) is 0 Å². The highest BCUT2D eigenvalue weighted by molar-refractivity contribution is 5.79. The van der Waals surface area contributed by atoms with Crippen LogP contribution in [0, 0.1) is 5.92 Å². The van der Waals surface area contributed by atoms with Crippen LogP contribution in [0.2, 0.25) is 0 Å². The third-order valence-corrected chi connectivity index (χ3v) is 2.24. The van der Waals surface area contributed by atoms with Gasteiger partial charge in [0.15, 0.2) is 0 Å². The van der Waals surface area contributed by atoms with E-state index in [0.29, 0.717) is 6.54 Å². The van der Waals surface area contributed by atoms with E-state index in [4.69, 9.17) is 0 Å². The smallest absolute Gasteiger partial charge is 0.225 e. The quantitative estimate of drug-likeness (QED) is 0.603. The van der Waals surface area contributed by atoms with Gasteiger partial charge in [-0.3, -0.25) is 4.79 Å². The van der Waals surface area contributed by atoms with E-state index in [0.717, 1.165) is 19.3 Å². The Bertz CT molecular complexity index is 179. The second kappa shape index (κ2) is 4.26. The van der Waals surface area contributed by atoms with Crippen LogP contribution in [0.25, 0.3) is 0 Å². The Kier molecular flexibility index (Phi) is 3.29. The van der Waals surface area contributed by atoms with Crippen molar-refractivity contribution in [3.63, 3.8) is 0 Å². The highest BCUT2D eigenvalue weighted by Crippen LogP contribution is 2.25. The number of carbonyl (C=O) groups is 1. The summed E-state index contributed by atoms with van der Waals surface area (Å²) in [5.41, 5.74) is 0. The van der Waals surface area contributed by atoms with Gasteiger partial charge in [0.2, 0.25) is 5.91 Å². The minimum Gasteiger partial charge on any atom is -0.392 e. The summed E-state index contributed by atoms with van der Waals surface area (Å²) in [6.45, 7) is 3.99. The summed E-state index contributed by atoms with van der Waals surface area (Å²) in [5.74, 6) is -0.232. The number of aliphatic hydroxyl groups excluding tert-OH is 1. The molecule has 0 aromatic heterocycles. The summed E-state index contributed by atoms with van der Waals surface area (Å²) in [5, 5.41) is 12.1. The Hall–Kier alpha value is -0.830. The molecule has 0 saturated heterocycles. The SMILES string of the molecule is C=CCNC(=O)C1CCCC1O. The van der Waals surface area contributed by atoms with Gasteiger partial charge in [-0.05, 0) is 19.3 Å². The summed E-state index contributed by atoms with van der Waals surface area (Å²) in [7, 11) is 0. The van der Waals surface area contributed by atoms with Crippen molar-refractivity contribution in [2.75, 3.05) is 6.54 Å². The summed E-state index contributed by atoms with van der Waals surface area (Å²) < 4.78 is 0. The van der Waals surface area contributed by atoms with Gasteiger partial charge in [-0.25, -0.2) is 0 Å². The predicted molar refractivity (Wildman–Crippen MR) is 46.6 cm³/mol. The molecule has 1 saturated carbocycles. The van der Waals surface area contributed by atoms with E-state index in [1.54, 1.807) is 6.08 Å². The average molecular weight is 169 g/mol. The Morgan fingerprint density at radius 1 is 1.67 bits per heavy atom. The topological polar surface area (TPSA) is 49.3 Å². The van der Waals surface area contributed by atoms with Crippen LogP contribution in [-0.4, -0.2) is 23.7 Å². The molecular formula is C9H15NO2. The molecule has 0 bridgehead atoms. The summed E-state index contributed by atoms with van der Waals surface area (Å²) in [6.07, 6.45) is 3.72. The molecule has 1 amide bonds. The minimum absolute atomic E-state index is 0.0418. The molecule has 0 spiro atoms. The molecule has 0 radical (unpaired) electrons. The lowest BCUT2D eigenvalue weighted by atomic mass is 10.1. The number of hydrogen-bond acceptors (Lipinski definition) is 2. The molecule has 0 aromatic rings. The summed E-state index contributed by atoms with van der Waals surface area (Å²) in [4.78, 5) is 11.3. The van der Waals surface area contributed by atoms with Crippen LogP contribution in [0.4, 0.5) is 0 Å². The van der Waals surface area contributed by atoms with Gasteiger partial charge < -0.3 is 10.4 Å². The first-order chi connectivity index (χ1) is 5.75. The molecule has 0 aromatic carbocycles. The van der Waals surface area contributed by atoms with Gasteiger partial charge in [0.25, 0.3) is 0 Å². The van der Waals surface area contributed by atoms with Crippen molar-refractivity contribution < 1.29 is 9.90 Å². The van der Waals surface area contributed by atoms with Gasteiger partial charge in [-0.15, -0.1) is 6.58 Å². The Labute approximate surface area is 72.5 Å². The van der Waals surface area contributed by atoms with Crippen molar-refractivity contribution in [3.8, 4) is 0 Å². The Morgan fingerprint density at radius 3 is 2.92 bits per heavy atom. The highest BCUT2D eigenvalue weighted by atomic mass is 16.3. The standard InChI is InChI=1S/C9H15NO2/c1-2-6-10-9(12)7-4-3-5-8(7)11/h2,7-8,11H,1,3-6H2,(H,10,12). The van der Waals surface area contributed by atoms with Gasteiger partial charge >= 0.3 is 0 Å². The molecule has 1 aliphatic rings. The molecule has 0 aliphatic heterocycles. The number of amides is 1. The Balaban J connectivity index is 2.35. The molecule has 0 heterocycles. The van der Waals surface area contributed by atoms with Crippen molar-refractivity contribution in [2.45, 2.75) is 25.4 Å². The van der Waals surface area contributed by atoms with E-state index >= 15 is 0 Å². The van der Waals surface area contributed by atoms with E-state index in [-0.39, 0.29) is 11.8 Å².